The molecule has 116 valence electrons. The Hall–Kier alpha value is -1.30. The van der Waals surface area contributed by atoms with Gasteiger partial charge in [-0.1, -0.05) is 6.92 Å². The second-order valence-corrected chi connectivity index (χ2v) is 5.88. The molecular formula is C14H27N3O3. The maximum Gasteiger partial charge on any atom is 0.317 e. The number of urea groups is 1. The van der Waals surface area contributed by atoms with Gasteiger partial charge in [0.1, 0.15) is 0 Å². The third-order valence-electron chi connectivity index (χ3n) is 3.96. The number of hydrogen-bond donors (Lipinski definition) is 2. The first kappa shape index (κ1) is 16.8. The fourth-order valence-electron chi connectivity index (χ4n) is 2.48. The largest absolute Gasteiger partial charge is 0.481 e. The molecule has 1 rings (SSSR count). The summed E-state index contributed by atoms with van der Waals surface area (Å²) in [6.07, 6.45) is 3.08. The van der Waals surface area contributed by atoms with E-state index in [1.54, 1.807) is 4.90 Å². The number of carbonyl (C=O) groups is 2. The number of rotatable bonds is 7. The average Bonchev–Trinajstić information content (AvgIpc) is 2.79. The Morgan fingerprint density at radius 3 is 2.75 bits per heavy atom. The highest BCUT2D eigenvalue weighted by Gasteiger charge is 2.23. The van der Waals surface area contributed by atoms with Crippen LogP contribution in [-0.2, 0) is 4.79 Å². The summed E-state index contributed by atoms with van der Waals surface area (Å²) < 4.78 is 0. The third-order valence-corrected chi connectivity index (χ3v) is 3.96. The van der Waals surface area contributed by atoms with Crippen molar-refractivity contribution in [3.05, 3.63) is 0 Å². The van der Waals surface area contributed by atoms with Crippen molar-refractivity contribution in [2.45, 2.75) is 38.6 Å². The molecule has 2 N–H and O–H groups in total. The Bertz CT molecular complexity index is 336. The average molecular weight is 285 g/mol. The van der Waals surface area contributed by atoms with Gasteiger partial charge in [-0.05, 0) is 38.8 Å². The first-order chi connectivity index (χ1) is 9.40. The number of carboxylic acids is 1. The van der Waals surface area contributed by atoms with Gasteiger partial charge in [0.2, 0.25) is 0 Å². The molecule has 1 heterocycles. The smallest absolute Gasteiger partial charge is 0.317 e. The lowest BCUT2D eigenvalue weighted by molar-refractivity contribution is -0.137. The third kappa shape index (κ3) is 5.77. The summed E-state index contributed by atoms with van der Waals surface area (Å²) >= 11 is 0. The summed E-state index contributed by atoms with van der Waals surface area (Å²) in [7, 11) is 3.90. The monoisotopic (exact) mass is 285 g/mol. The first-order valence-corrected chi connectivity index (χ1v) is 7.31. The van der Waals surface area contributed by atoms with Crippen molar-refractivity contribution in [1.29, 1.82) is 0 Å². The Morgan fingerprint density at radius 2 is 2.20 bits per heavy atom. The van der Waals surface area contributed by atoms with Crippen molar-refractivity contribution in [2.75, 3.05) is 33.7 Å². The van der Waals surface area contributed by atoms with Crippen LogP contribution in [0.25, 0.3) is 0 Å². The van der Waals surface area contributed by atoms with Crippen molar-refractivity contribution in [2.24, 2.45) is 5.92 Å². The highest BCUT2D eigenvalue weighted by atomic mass is 16.4. The minimum absolute atomic E-state index is 0.0764. The standard InChI is InChI=1S/C14H27N3O3/c1-11(6-7-13(18)19)9-15-14(20)17(3)10-12-5-4-8-16(12)2/h11-12H,4-10H2,1-3H3,(H,15,20)(H,18,19). The zero-order valence-electron chi connectivity index (χ0n) is 12.8. The van der Waals surface area contributed by atoms with E-state index in [0.717, 1.165) is 19.5 Å². The molecule has 1 fully saturated rings. The van der Waals surface area contributed by atoms with Gasteiger partial charge in [0.15, 0.2) is 0 Å². The molecule has 1 aliphatic heterocycles. The van der Waals surface area contributed by atoms with Gasteiger partial charge >= 0.3 is 12.0 Å². The van der Waals surface area contributed by atoms with E-state index in [1.807, 2.05) is 14.0 Å². The van der Waals surface area contributed by atoms with Crippen LogP contribution in [0.1, 0.15) is 32.6 Å². The molecule has 0 aromatic rings. The van der Waals surface area contributed by atoms with Crippen LogP contribution < -0.4 is 5.32 Å². The van der Waals surface area contributed by atoms with Crippen LogP contribution >= 0.6 is 0 Å². The van der Waals surface area contributed by atoms with E-state index in [2.05, 4.69) is 17.3 Å². The van der Waals surface area contributed by atoms with Crippen LogP contribution in [0.5, 0.6) is 0 Å². The van der Waals surface area contributed by atoms with E-state index < -0.39 is 5.97 Å². The van der Waals surface area contributed by atoms with E-state index in [9.17, 15) is 9.59 Å². The van der Waals surface area contributed by atoms with Crippen molar-refractivity contribution in [1.82, 2.24) is 15.1 Å². The van der Waals surface area contributed by atoms with Gasteiger partial charge in [0.25, 0.3) is 0 Å². The van der Waals surface area contributed by atoms with Crippen LogP contribution in [-0.4, -0.2) is 66.7 Å². The Labute approximate surface area is 121 Å². The van der Waals surface area contributed by atoms with E-state index in [1.165, 1.54) is 6.42 Å². The zero-order valence-corrected chi connectivity index (χ0v) is 12.8. The topological polar surface area (TPSA) is 72.9 Å². The van der Waals surface area contributed by atoms with Crippen molar-refractivity contribution >= 4 is 12.0 Å². The fourth-order valence-corrected chi connectivity index (χ4v) is 2.48. The number of likely N-dealkylation sites (N-methyl/N-ethyl adjacent to an activating group) is 2. The van der Waals surface area contributed by atoms with Gasteiger partial charge in [0, 0.05) is 32.6 Å². The number of carboxylic acid groups (broad SMARTS) is 1. The fraction of sp³-hybridized carbons (Fsp3) is 0.857. The molecule has 6 nitrogen and oxygen atoms in total. The lowest BCUT2D eigenvalue weighted by atomic mass is 10.1. The van der Waals surface area contributed by atoms with Gasteiger partial charge in [-0.2, -0.15) is 0 Å². The maximum atomic E-state index is 12.0. The molecule has 2 amide bonds. The quantitative estimate of drug-likeness (QED) is 0.738. The molecule has 0 aromatic carbocycles. The van der Waals surface area contributed by atoms with Gasteiger partial charge in [-0.15, -0.1) is 0 Å². The van der Waals surface area contributed by atoms with Crippen LogP contribution in [0.3, 0.4) is 0 Å². The summed E-state index contributed by atoms with van der Waals surface area (Å²) in [5.74, 6) is -0.609. The summed E-state index contributed by atoms with van der Waals surface area (Å²) in [6.45, 7) is 4.32. The predicted molar refractivity (Wildman–Crippen MR) is 77.7 cm³/mol. The minimum atomic E-state index is -0.787. The second kappa shape index (κ2) is 8.09. The summed E-state index contributed by atoms with van der Waals surface area (Å²) in [6, 6.07) is 0.377. The van der Waals surface area contributed by atoms with Gasteiger partial charge < -0.3 is 20.2 Å². The van der Waals surface area contributed by atoms with Crippen molar-refractivity contribution < 1.29 is 14.7 Å². The molecule has 0 saturated carbocycles. The van der Waals surface area contributed by atoms with E-state index in [4.69, 9.17) is 5.11 Å². The van der Waals surface area contributed by atoms with Gasteiger partial charge in [0.05, 0.1) is 0 Å². The number of likely N-dealkylation sites (tertiary alicyclic amines) is 1. The molecule has 1 aliphatic rings. The number of carbonyl (C=O) groups excluding carboxylic acids is 1. The summed E-state index contributed by atoms with van der Waals surface area (Å²) in [4.78, 5) is 26.4. The number of nitrogens with zero attached hydrogens (tertiary/aromatic N) is 2. The van der Waals surface area contributed by atoms with Crippen LogP contribution in [0, 0.1) is 5.92 Å². The lowest BCUT2D eigenvalue weighted by Gasteiger charge is -2.26. The zero-order chi connectivity index (χ0) is 15.1. The Morgan fingerprint density at radius 1 is 1.50 bits per heavy atom. The molecule has 0 aromatic heterocycles. The molecule has 6 heteroatoms. The molecule has 0 spiro atoms. The summed E-state index contributed by atoms with van der Waals surface area (Å²) in [5, 5.41) is 11.5. The van der Waals surface area contributed by atoms with Gasteiger partial charge in [-0.3, -0.25) is 4.79 Å². The van der Waals surface area contributed by atoms with Crippen LogP contribution in [0.4, 0.5) is 4.79 Å². The molecule has 0 bridgehead atoms. The first-order valence-electron chi connectivity index (χ1n) is 7.31. The maximum absolute atomic E-state index is 12.0. The minimum Gasteiger partial charge on any atom is -0.481 e. The Balaban J connectivity index is 2.22. The molecular weight excluding hydrogens is 258 g/mol. The van der Waals surface area contributed by atoms with Crippen molar-refractivity contribution in [3.8, 4) is 0 Å². The van der Waals surface area contributed by atoms with Crippen molar-refractivity contribution in [3.63, 3.8) is 0 Å². The number of nitrogens with one attached hydrogen (secondary N) is 1. The Kier molecular flexibility index (Phi) is 6.78. The second-order valence-electron chi connectivity index (χ2n) is 5.88. The normalized spacial score (nSPS) is 20.6. The number of amides is 2. The predicted octanol–water partition coefficient (Wildman–Crippen LogP) is 1.22. The van der Waals surface area contributed by atoms with E-state index in [0.29, 0.717) is 19.0 Å². The highest BCUT2D eigenvalue weighted by Crippen LogP contribution is 2.15. The lowest BCUT2D eigenvalue weighted by Crippen LogP contribution is -2.45. The molecule has 1 saturated heterocycles. The molecule has 2 unspecified atom stereocenters. The molecule has 20 heavy (non-hydrogen) atoms. The summed E-state index contributed by atoms with van der Waals surface area (Å²) in [5.41, 5.74) is 0. The van der Waals surface area contributed by atoms with Crippen LogP contribution in [0.2, 0.25) is 0 Å². The van der Waals surface area contributed by atoms with E-state index in [-0.39, 0.29) is 18.4 Å². The van der Waals surface area contributed by atoms with E-state index >= 15 is 0 Å². The number of aliphatic carboxylic acids is 1. The molecule has 0 aliphatic carbocycles. The molecule has 2 atom stereocenters. The highest BCUT2D eigenvalue weighted by molar-refractivity contribution is 5.73. The molecule has 0 radical (unpaired) electrons. The number of hydrogen-bond acceptors (Lipinski definition) is 3. The SMILES string of the molecule is CC(CCC(=O)O)CNC(=O)N(C)CC1CCCN1C. The van der Waals surface area contributed by atoms with Crippen LogP contribution in [0.15, 0.2) is 0 Å². The van der Waals surface area contributed by atoms with Gasteiger partial charge in [-0.25, -0.2) is 4.79 Å².